The number of hydrogen-bond acceptors (Lipinski definition) is 1. The van der Waals surface area contributed by atoms with Gasteiger partial charge < -0.3 is 10.3 Å². The topological polar surface area (TPSA) is 44.9 Å². The molecule has 1 aliphatic carbocycles. The van der Waals surface area contributed by atoms with Crippen LogP contribution in [0.4, 0.5) is 5.69 Å². The van der Waals surface area contributed by atoms with Crippen molar-refractivity contribution in [2.75, 3.05) is 11.2 Å². The fraction of sp³-hybridized carbons (Fsp3) is 0.423. The number of halogens is 1. The van der Waals surface area contributed by atoms with Crippen molar-refractivity contribution in [1.29, 1.82) is 0 Å². The second kappa shape index (κ2) is 10.2. The third kappa shape index (κ3) is 4.73. The Kier molecular flexibility index (Phi) is 7.60. The number of aromatic nitrogens is 1. The minimum Gasteiger partial charge on any atom is -0.354 e. The number of aryl methyl sites for hydroxylation is 2. The van der Waals surface area contributed by atoms with Crippen LogP contribution in [0.2, 0.25) is 0 Å². The summed E-state index contributed by atoms with van der Waals surface area (Å²) < 4.78 is 0. The number of rotatable bonds is 4. The van der Waals surface area contributed by atoms with Gasteiger partial charge in [-0.25, -0.2) is 0 Å². The van der Waals surface area contributed by atoms with Gasteiger partial charge in [0.1, 0.15) is 5.88 Å². The molecule has 2 aromatic carbocycles. The summed E-state index contributed by atoms with van der Waals surface area (Å²) in [6.45, 7) is 8.16. The fourth-order valence-electron chi connectivity index (χ4n) is 4.52. The molecule has 0 saturated heterocycles. The Morgan fingerprint density at radius 2 is 1.70 bits per heavy atom. The Morgan fingerprint density at radius 3 is 2.40 bits per heavy atom. The molecule has 3 aromatic rings. The van der Waals surface area contributed by atoms with Crippen LogP contribution < -0.4 is 5.32 Å². The van der Waals surface area contributed by atoms with Crippen LogP contribution in [0.5, 0.6) is 0 Å². The molecule has 1 aromatic heterocycles. The van der Waals surface area contributed by atoms with Gasteiger partial charge in [-0.1, -0.05) is 57.4 Å². The smallest absolute Gasteiger partial charge is 0.239 e. The number of nitrogens with one attached hydrogen (secondary N) is 2. The minimum absolute atomic E-state index is 0.0469. The van der Waals surface area contributed by atoms with Gasteiger partial charge in [0, 0.05) is 16.5 Å². The number of aromatic amines is 1. The molecular weight excluding hydrogens is 392 g/mol. The average molecular weight is 425 g/mol. The first-order valence-corrected chi connectivity index (χ1v) is 11.7. The minimum atomic E-state index is -0.181. The number of fused-ring (bicyclic) bond motifs is 1. The van der Waals surface area contributed by atoms with E-state index in [4.69, 9.17) is 11.6 Å². The molecule has 1 amide bonds. The van der Waals surface area contributed by atoms with Crippen LogP contribution in [0.3, 0.4) is 0 Å². The van der Waals surface area contributed by atoms with E-state index >= 15 is 0 Å². The molecule has 1 heterocycles. The van der Waals surface area contributed by atoms with E-state index in [9.17, 15) is 4.79 Å². The van der Waals surface area contributed by atoms with Gasteiger partial charge in [0.25, 0.3) is 0 Å². The van der Waals surface area contributed by atoms with Crippen LogP contribution >= 0.6 is 11.6 Å². The van der Waals surface area contributed by atoms with Gasteiger partial charge in [0.15, 0.2) is 0 Å². The first-order valence-electron chi connectivity index (χ1n) is 11.2. The Morgan fingerprint density at radius 1 is 1.03 bits per heavy atom. The summed E-state index contributed by atoms with van der Waals surface area (Å²) in [7, 11) is 0. The highest BCUT2D eigenvalue weighted by Crippen LogP contribution is 2.44. The van der Waals surface area contributed by atoms with Gasteiger partial charge in [-0.05, 0) is 61.4 Å². The summed E-state index contributed by atoms with van der Waals surface area (Å²) in [6.07, 6.45) is 6.35. The molecule has 30 heavy (non-hydrogen) atoms. The molecule has 1 aliphatic rings. The van der Waals surface area contributed by atoms with E-state index in [0.29, 0.717) is 5.92 Å². The highest BCUT2D eigenvalue weighted by atomic mass is 35.5. The molecule has 160 valence electrons. The number of amides is 1. The lowest BCUT2D eigenvalue weighted by Gasteiger charge is -2.23. The molecule has 1 fully saturated rings. The standard InChI is InChI=1S/C24H27ClN2O.C2H6/c1-15-8-10-18-20(12-15)27-24(23(18)17-6-4-3-5-7-17)19-11-9-16(2)13-21(19)26-22(28)14-25;1-2/h8-13,17,27H,3-7,14H2,1-2H3,(H,26,28);1-2H3. The number of hydrogen-bond donors (Lipinski definition) is 2. The molecule has 3 nitrogen and oxygen atoms in total. The zero-order valence-corrected chi connectivity index (χ0v) is 19.3. The molecule has 0 atom stereocenters. The van der Waals surface area contributed by atoms with E-state index in [1.165, 1.54) is 54.1 Å². The van der Waals surface area contributed by atoms with Crippen molar-refractivity contribution in [3.63, 3.8) is 0 Å². The SMILES string of the molecule is CC.Cc1ccc(-c2[nH]c3cc(C)ccc3c2C2CCCCC2)c(NC(=O)CCl)c1. The summed E-state index contributed by atoms with van der Waals surface area (Å²) in [5.41, 5.74) is 7.93. The molecule has 4 heteroatoms. The highest BCUT2D eigenvalue weighted by molar-refractivity contribution is 6.29. The van der Waals surface area contributed by atoms with Crippen molar-refractivity contribution in [2.45, 2.75) is 65.7 Å². The maximum Gasteiger partial charge on any atom is 0.239 e. The van der Waals surface area contributed by atoms with Gasteiger partial charge in [0.2, 0.25) is 5.91 Å². The number of carbonyl (C=O) groups is 1. The fourth-order valence-corrected chi connectivity index (χ4v) is 4.59. The van der Waals surface area contributed by atoms with Gasteiger partial charge in [-0.3, -0.25) is 4.79 Å². The third-order valence-corrected chi connectivity index (χ3v) is 6.09. The van der Waals surface area contributed by atoms with Crippen LogP contribution in [0.1, 0.15) is 68.6 Å². The predicted molar refractivity (Wildman–Crippen MR) is 130 cm³/mol. The van der Waals surface area contributed by atoms with Crippen LogP contribution in [0, 0.1) is 13.8 Å². The summed E-state index contributed by atoms with van der Waals surface area (Å²) in [5.74, 6) is 0.326. The average Bonchev–Trinajstić information content (AvgIpc) is 3.14. The maximum atomic E-state index is 12.0. The van der Waals surface area contributed by atoms with E-state index in [2.05, 4.69) is 47.6 Å². The van der Waals surface area contributed by atoms with Gasteiger partial charge in [-0.2, -0.15) is 0 Å². The maximum absolute atomic E-state index is 12.0. The zero-order chi connectivity index (χ0) is 21.7. The van der Waals surface area contributed by atoms with E-state index in [-0.39, 0.29) is 11.8 Å². The molecule has 0 bridgehead atoms. The zero-order valence-electron chi connectivity index (χ0n) is 18.6. The van der Waals surface area contributed by atoms with Crippen molar-refractivity contribution in [2.24, 2.45) is 0 Å². The molecule has 0 radical (unpaired) electrons. The largest absolute Gasteiger partial charge is 0.354 e. The lowest BCUT2D eigenvalue weighted by atomic mass is 9.81. The predicted octanol–water partition coefficient (Wildman–Crippen LogP) is 7.70. The normalized spacial score (nSPS) is 14.3. The van der Waals surface area contributed by atoms with Crippen molar-refractivity contribution in [3.8, 4) is 11.3 Å². The molecule has 4 rings (SSSR count). The third-order valence-electron chi connectivity index (χ3n) is 5.85. The van der Waals surface area contributed by atoms with Crippen LogP contribution in [-0.2, 0) is 4.79 Å². The van der Waals surface area contributed by atoms with E-state index in [1.54, 1.807) is 0 Å². The monoisotopic (exact) mass is 424 g/mol. The Balaban J connectivity index is 0.00000124. The Bertz CT molecular complexity index is 1020. The van der Waals surface area contributed by atoms with Crippen LogP contribution in [0.25, 0.3) is 22.2 Å². The quantitative estimate of drug-likeness (QED) is 0.414. The Labute approximate surface area is 185 Å². The number of alkyl halides is 1. The van der Waals surface area contributed by atoms with Crippen LogP contribution in [0.15, 0.2) is 36.4 Å². The van der Waals surface area contributed by atoms with Gasteiger partial charge in [-0.15, -0.1) is 11.6 Å². The van der Waals surface area contributed by atoms with Crippen molar-refractivity contribution in [1.82, 2.24) is 4.98 Å². The second-order valence-corrected chi connectivity index (χ2v) is 8.30. The number of benzene rings is 2. The molecular formula is C26H33ClN2O. The van der Waals surface area contributed by atoms with Crippen molar-refractivity contribution in [3.05, 3.63) is 53.1 Å². The van der Waals surface area contributed by atoms with E-state index in [1.807, 2.05) is 26.8 Å². The number of carbonyl (C=O) groups excluding carboxylic acids is 1. The summed E-state index contributed by atoms with van der Waals surface area (Å²) >= 11 is 5.75. The van der Waals surface area contributed by atoms with E-state index < -0.39 is 0 Å². The number of anilines is 1. The lowest BCUT2D eigenvalue weighted by molar-refractivity contribution is -0.113. The molecule has 1 saturated carbocycles. The summed E-state index contributed by atoms with van der Waals surface area (Å²) in [4.78, 5) is 15.7. The molecule has 0 spiro atoms. The van der Waals surface area contributed by atoms with Crippen molar-refractivity contribution < 1.29 is 4.79 Å². The van der Waals surface area contributed by atoms with Crippen LogP contribution in [-0.4, -0.2) is 16.8 Å². The van der Waals surface area contributed by atoms with E-state index in [0.717, 1.165) is 22.5 Å². The molecule has 2 N–H and O–H groups in total. The first-order chi connectivity index (χ1) is 14.6. The first kappa shape index (κ1) is 22.4. The lowest BCUT2D eigenvalue weighted by Crippen LogP contribution is -2.14. The molecule has 0 unspecified atom stereocenters. The van der Waals surface area contributed by atoms with Gasteiger partial charge >= 0.3 is 0 Å². The summed E-state index contributed by atoms with van der Waals surface area (Å²) in [5, 5.41) is 4.30. The Hall–Kier alpha value is -2.26. The number of H-pyrrole nitrogens is 1. The highest BCUT2D eigenvalue weighted by Gasteiger charge is 2.25. The van der Waals surface area contributed by atoms with Crippen molar-refractivity contribution >= 4 is 34.1 Å². The molecule has 0 aliphatic heterocycles. The second-order valence-electron chi connectivity index (χ2n) is 8.03. The van der Waals surface area contributed by atoms with Gasteiger partial charge in [0.05, 0.1) is 11.4 Å². The summed E-state index contributed by atoms with van der Waals surface area (Å²) in [6, 6.07) is 12.9.